The van der Waals surface area contributed by atoms with Gasteiger partial charge in [0.25, 0.3) is 0 Å². The average molecular weight is 308 g/mol. The lowest BCUT2D eigenvalue weighted by molar-refractivity contribution is -0.286. The predicted molar refractivity (Wildman–Crippen MR) is 79.9 cm³/mol. The van der Waals surface area contributed by atoms with Gasteiger partial charge in [0.2, 0.25) is 0 Å². The van der Waals surface area contributed by atoms with Crippen LogP contribution in [0.15, 0.2) is 48.5 Å². The van der Waals surface area contributed by atoms with Crippen LogP contribution in [0, 0.1) is 0 Å². The Morgan fingerprint density at radius 3 is 1.59 bits per heavy atom. The minimum Gasteiger partial charge on any atom is -0.394 e. The molecule has 22 heavy (non-hydrogen) atoms. The third-order valence-corrected chi connectivity index (χ3v) is 3.53. The van der Waals surface area contributed by atoms with E-state index in [1.807, 2.05) is 0 Å². The van der Waals surface area contributed by atoms with Gasteiger partial charge in [-0.2, -0.15) is 0 Å². The second kappa shape index (κ2) is 7.64. The number of aliphatic hydroxyl groups excluding tert-OH is 5. The zero-order valence-electron chi connectivity index (χ0n) is 11.9. The van der Waals surface area contributed by atoms with Crippen molar-refractivity contribution in [2.24, 2.45) is 0 Å². The fourth-order valence-electron chi connectivity index (χ4n) is 2.21. The minimum atomic E-state index is -1.57. The van der Waals surface area contributed by atoms with Crippen LogP contribution in [0.5, 0.6) is 0 Å². The summed E-state index contributed by atoms with van der Waals surface area (Å²) in [5, 5.41) is 47.3. The van der Waals surface area contributed by atoms with E-state index in [1.54, 1.807) is 0 Å². The number of aliphatic hydroxyl groups is 5. The zero-order valence-corrected chi connectivity index (χ0v) is 11.9. The van der Waals surface area contributed by atoms with Gasteiger partial charge < -0.3 is 30.3 Å². The summed E-state index contributed by atoms with van der Waals surface area (Å²) in [7, 11) is 0. The normalized spacial score (nSPS) is 31.4. The standard InChI is InChI=1S/C10H8.C6H12O6/c1-2-6-10-8-4-3-7-9(10)5-1;7-1-2-3(8)4(9)5(10)6(11)12-2/h1-8H;2-11H,1H2/t;2-,3-,4+,5-,6?/m.1/s1. The Hall–Kier alpha value is -1.54. The van der Waals surface area contributed by atoms with Gasteiger partial charge in [0.05, 0.1) is 6.61 Å². The smallest absolute Gasteiger partial charge is 0.184 e. The molecule has 6 nitrogen and oxygen atoms in total. The van der Waals surface area contributed by atoms with Crippen LogP contribution in [-0.4, -0.2) is 62.8 Å². The van der Waals surface area contributed by atoms with E-state index in [4.69, 9.17) is 25.5 Å². The van der Waals surface area contributed by atoms with Gasteiger partial charge in [-0.25, -0.2) is 0 Å². The Morgan fingerprint density at radius 2 is 1.18 bits per heavy atom. The van der Waals surface area contributed by atoms with E-state index in [1.165, 1.54) is 10.8 Å². The molecule has 0 amide bonds. The summed E-state index contributed by atoms with van der Waals surface area (Å²) in [6.07, 6.45) is -7.04. The van der Waals surface area contributed by atoms with Crippen LogP contribution < -0.4 is 0 Å². The van der Waals surface area contributed by atoms with Crippen molar-refractivity contribution in [1.82, 2.24) is 0 Å². The van der Waals surface area contributed by atoms with E-state index in [0.29, 0.717) is 0 Å². The van der Waals surface area contributed by atoms with Gasteiger partial charge in [0, 0.05) is 0 Å². The van der Waals surface area contributed by atoms with Gasteiger partial charge in [0.15, 0.2) is 6.29 Å². The molecule has 1 saturated heterocycles. The molecule has 6 heteroatoms. The van der Waals surface area contributed by atoms with Crippen LogP contribution in [0.25, 0.3) is 10.8 Å². The summed E-state index contributed by atoms with van der Waals surface area (Å²) < 4.78 is 4.58. The molecule has 0 spiro atoms. The van der Waals surface area contributed by atoms with Crippen LogP contribution in [0.2, 0.25) is 0 Å². The summed E-state index contributed by atoms with van der Waals surface area (Å²) in [4.78, 5) is 0. The zero-order chi connectivity index (χ0) is 16.1. The number of benzene rings is 2. The molecule has 0 saturated carbocycles. The number of hydrogen-bond acceptors (Lipinski definition) is 6. The SMILES string of the molecule is OC[C@H]1OC(O)[C@H](O)[C@@H](O)[C@@H]1O.c1ccc2ccccc2c1. The van der Waals surface area contributed by atoms with Gasteiger partial charge in [-0.3, -0.25) is 0 Å². The summed E-state index contributed by atoms with van der Waals surface area (Å²) in [6, 6.07) is 16.7. The van der Waals surface area contributed by atoms with Crippen molar-refractivity contribution in [1.29, 1.82) is 0 Å². The molecule has 3 rings (SSSR count). The van der Waals surface area contributed by atoms with Crippen LogP contribution in [0.3, 0.4) is 0 Å². The molecule has 5 N–H and O–H groups in total. The van der Waals surface area contributed by atoms with Crippen LogP contribution in [0.4, 0.5) is 0 Å². The molecule has 1 aliphatic rings. The van der Waals surface area contributed by atoms with Crippen molar-refractivity contribution in [3.05, 3.63) is 48.5 Å². The summed E-state index contributed by atoms with van der Waals surface area (Å²) in [5.74, 6) is 0. The average Bonchev–Trinajstić information content (AvgIpc) is 2.57. The molecule has 2 aromatic rings. The fourth-order valence-corrected chi connectivity index (χ4v) is 2.21. The molecule has 1 aliphatic heterocycles. The maximum absolute atomic E-state index is 9.12. The number of hydrogen-bond donors (Lipinski definition) is 5. The summed E-state index contributed by atoms with van der Waals surface area (Å²) in [5.41, 5.74) is 0. The van der Waals surface area contributed by atoms with Gasteiger partial charge in [-0.1, -0.05) is 48.5 Å². The molecule has 0 aliphatic carbocycles. The molecule has 1 heterocycles. The number of rotatable bonds is 1. The van der Waals surface area contributed by atoms with Gasteiger partial charge in [0.1, 0.15) is 24.4 Å². The Bertz CT molecular complexity index is 519. The van der Waals surface area contributed by atoms with Gasteiger partial charge in [-0.05, 0) is 10.8 Å². The summed E-state index contributed by atoms with van der Waals surface area (Å²) >= 11 is 0. The van der Waals surface area contributed by atoms with Crippen LogP contribution >= 0.6 is 0 Å². The van der Waals surface area contributed by atoms with Gasteiger partial charge in [-0.15, -0.1) is 0 Å². The highest BCUT2D eigenvalue weighted by atomic mass is 16.6. The Kier molecular flexibility index (Phi) is 5.84. The van der Waals surface area contributed by atoms with E-state index in [0.717, 1.165) is 0 Å². The maximum atomic E-state index is 9.12. The number of fused-ring (bicyclic) bond motifs is 1. The van der Waals surface area contributed by atoms with Crippen LogP contribution in [-0.2, 0) is 4.74 Å². The topological polar surface area (TPSA) is 110 Å². The third kappa shape index (κ3) is 3.80. The summed E-state index contributed by atoms with van der Waals surface area (Å²) in [6.45, 7) is -0.526. The maximum Gasteiger partial charge on any atom is 0.184 e. The minimum absolute atomic E-state index is 0.526. The van der Waals surface area contributed by atoms with Crippen molar-refractivity contribution in [2.75, 3.05) is 6.61 Å². The highest BCUT2D eigenvalue weighted by Crippen LogP contribution is 2.19. The molecule has 0 radical (unpaired) electrons. The van der Waals surface area contributed by atoms with Crippen molar-refractivity contribution < 1.29 is 30.3 Å². The van der Waals surface area contributed by atoms with Crippen molar-refractivity contribution in [2.45, 2.75) is 30.7 Å². The number of ether oxygens (including phenoxy) is 1. The third-order valence-electron chi connectivity index (χ3n) is 3.53. The van der Waals surface area contributed by atoms with Gasteiger partial charge >= 0.3 is 0 Å². The molecule has 1 unspecified atom stereocenters. The first kappa shape index (κ1) is 16.8. The Labute approximate surface area is 127 Å². The molecule has 1 fully saturated rings. The molecule has 5 atom stereocenters. The first-order valence-electron chi connectivity index (χ1n) is 6.97. The van der Waals surface area contributed by atoms with E-state index < -0.39 is 37.3 Å². The van der Waals surface area contributed by atoms with Crippen LogP contribution in [0.1, 0.15) is 0 Å². The Balaban J connectivity index is 0.000000162. The first-order valence-corrected chi connectivity index (χ1v) is 6.97. The lowest BCUT2D eigenvalue weighted by atomic mass is 10.00. The quantitative estimate of drug-likeness (QED) is 0.491. The molecule has 2 aromatic carbocycles. The Morgan fingerprint density at radius 1 is 0.727 bits per heavy atom. The molecule has 0 aromatic heterocycles. The highest BCUT2D eigenvalue weighted by molar-refractivity contribution is 5.81. The van der Waals surface area contributed by atoms with Crippen molar-refractivity contribution >= 4 is 10.8 Å². The lowest BCUT2D eigenvalue weighted by Gasteiger charge is -2.37. The van der Waals surface area contributed by atoms with E-state index >= 15 is 0 Å². The molecule has 120 valence electrons. The first-order chi connectivity index (χ1) is 10.5. The fraction of sp³-hybridized carbons (Fsp3) is 0.375. The second-order valence-electron chi connectivity index (χ2n) is 5.07. The predicted octanol–water partition coefficient (Wildman–Crippen LogP) is -0.382. The van der Waals surface area contributed by atoms with E-state index in [9.17, 15) is 0 Å². The van der Waals surface area contributed by atoms with Crippen molar-refractivity contribution in [3.63, 3.8) is 0 Å². The largest absolute Gasteiger partial charge is 0.394 e. The lowest BCUT2D eigenvalue weighted by Crippen LogP contribution is -2.58. The van der Waals surface area contributed by atoms with Crippen molar-refractivity contribution in [3.8, 4) is 0 Å². The second-order valence-corrected chi connectivity index (χ2v) is 5.07. The monoisotopic (exact) mass is 308 g/mol. The molecular weight excluding hydrogens is 288 g/mol. The molecule has 0 bridgehead atoms. The highest BCUT2D eigenvalue weighted by Gasteiger charge is 2.42. The van der Waals surface area contributed by atoms with E-state index in [2.05, 4.69) is 53.3 Å². The molecular formula is C16H20O6. The van der Waals surface area contributed by atoms with E-state index in [-0.39, 0.29) is 0 Å².